The van der Waals surface area contributed by atoms with E-state index in [-0.39, 0.29) is 5.54 Å². The zero-order chi connectivity index (χ0) is 10.2. The molecular weight excluding hydrogens is 170 g/mol. The summed E-state index contributed by atoms with van der Waals surface area (Å²) in [6, 6.07) is 6.43. The first kappa shape index (κ1) is 9.22. The van der Waals surface area contributed by atoms with Crippen LogP contribution in [0.4, 0.5) is 0 Å². The molecule has 0 spiro atoms. The smallest absolute Gasteiger partial charge is 0.0502 e. The van der Waals surface area contributed by atoms with Gasteiger partial charge in [-0.2, -0.15) is 0 Å². The van der Waals surface area contributed by atoms with Crippen LogP contribution < -0.4 is 5.73 Å². The van der Waals surface area contributed by atoms with Crippen molar-refractivity contribution in [1.29, 1.82) is 0 Å². The van der Waals surface area contributed by atoms with Crippen molar-refractivity contribution in [1.82, 2.24) is 0 Å². The van der Waals surface area contributed by atoms with E-state index in [9.17, 15) is 0 Å². The van der Waals surface area contributed by atoms with Gasteiger partial charge in [0.2, 0.25) is 0 Å². The van der Waals surface area contributed by atoms with Gasteiger partial charge in [-0.1, -0.05) is 48.1 Å². The Morgan fingerprint density at radius 2 is 1.71 bits per heavy atom. The molecule has 1 unspecified atom stereocenters. The summed E-state index contributed by atoms with van der Waals surface area (Å²) in [5.74, 6) is 0. The van der Waals surface area contributed by atoms with Gasteiger partial charge < -0.3 is 5.73 Å². The quantitative estimate of drug-likeness (QED) is 0.660. The maximum atomic E-state index is 6.02. The van der Waals surface area contributed by atoms with E-state index in [0.717, 1.165) is 0 Å². The number of fused-ring (bicyclic) bond motifs is 1. The lowest BCUT2D eigenvalue weighted by molar-refractivity contribution is 0.743. The first-order chi connectivity index (χ1) is 6.57. The largest absolute Gasteiger partial charge is 0.319 e. The molecule has 1 aliphatic carbocycles. The second kappa shape index (κ2) is 3.10. The molecule has 0 radical (unpaired) electrons. The van der Waals surface area contributed by atoms with Gasteiger partial charge in [-0.05, 0) is 25.0 Å². The van der Waals surface area contributed by atoms with Crippen LogP contribution >= 0.6 is 0 Å². The van der Waals surface area contributed by atoms with Crippen LogP contribution in [0.5, 0.6) is 0 Å². The second-order valence-electron chi connectivity index (χ2n) is 4.17. The average Bonchev–Trinajstić information content (AvgIpc) is 2.26. The molecule has 14 heavy (non-hydrogen) atoms. The third-order valence-corrected chi connectivity index (χ3v) is 2.49. The monoisotopic (exact) mass is 185 g/mol. The molecule has 2 rings (SSSR count). The van der Waals surface area contributed by atoms with E-state index in [4.69, 9.17) is 5.73 Å². The number of hydrogen-bond acceptors (Lipinski definition) is 1. The molecule has 1 aliphatic rings. The maximum Gasteiger partial charge on any atom is 0.0502 e. The normalized spacial score (nSPS) is 24.5. The summed E-state index contributed by atoms with van der Waals surface area (Å²) in [5.41, 5.74) is 9.46. The van der Waals surface area contributed by atoms with Crippen molar-refractivity contribution in [3.8, 4) is 0 Å². The van der Waals surface area contributed by atoms with Crippen LogP contribution in [-0.2, 0) is 0 Å². The van der Waals surface area contributed by atoms with Crippen molar-refractivity contribution in [3.05, 3.63) is 47.0 Å². The number of aryl methyl sites for hydroxylation is 1. The maximum absolute atomic E-state index is 6.02. The third-order valence-electron chi connectivity index (χ3n) is 2.49. The summed E-state index contributed by atoms with van der Waals surface area (Å²) in [6.07, 6.45) is 8.26. The Morgan fingerprint density at radius 3 is 2.43 bits per heavy atom. The van der Waals surface area contributed by atoms with E-state index >= 15 is 0 Å². The minimum Gasteiger partial charge on any atom is -0.319 e. The summed E-state index contributed by atoms with van der Waals surface area (Å²) in [7, 11) is 0. The second-order valence-corrected chi connectivity index (χ2v) is 4.17. The minimum absolute atomic E-state index is 0.326. The van der Waals surface area contributed by atoms with E-state index in [2.05, 4.69) is 37.3 Å². The summed E-state index contributed by atoms with van der Waals surface area (Å²) in [4.78, 5) is 0. The van der Waals surface area contributed by atoms with Crippen molar-refractivity contribution in [2.75, 3.05) is 0 Å². The molecule has 1 atom stereocenters. The summed E-state index contributed by atoms with van der Waals surface area (Å²) < 4.78 is 0. The van der Waals surface area contributed by atoms with Gasteiger partial charge in [0.1, 0.15) is 0 Å². The predicted octanol–water partition coefficient (Wildman–Crippen LogP) is 2.75. The number of rotatable bonds is 0. The Labute approximate surface area is 84.9 Å². The molecule has 72 valence electrons. The molecule has 0 fully saturated rings. The van der Waals surface area contributed by atoms with Crippen molar-refractivity contribution < 1.29 is 0 Å². The van der Waals surface area contributed by atoms with Crippen molar-refractivity contribution in [3.63, 3.8) is 0 Å². The zero-order valence-corrected chi connectivity index (χ0v) is 8.62. The number of hydrogen-bond donors (Lipinski definition) is 1. The molecule has 1 nitrogen and oxygen atoms in total. The fraction of sp³-hybridized carbons (Fsp3) is 0.231. The molecule has 2 N–H and O–H groups in total. The molecule has 0 saturated carbocycles. The molecule has 1 heteroatoms. The fourth-order valence-corrected chi connectivity index (χ4v) is 1.58. The third kappa shape index (κ3) is 1.78. The van der Waals surface area contributed by atoms with E-state index in [1.807, 2.05) is 19.1 Å². The molecule has 0 aromatic heterocycles. The predicted molar refractivity (Wildman–Crippen MR) is 61.8 cm³/mol. The molecule has 0 saturated heterocycles. The van der Waals surface area contributed by atoms with Crippen molar-refractivity contribution >= 4 is 12.2 Å². The van der Waals surface area contributed by atoms with Crippen LogP contribution in [0.25, 0.3) is 12.2 Å². The highest BCUT2D eigenvalue weighted by Crippen LogP contribution is 2.21. The Kier molecular flexibility index (Phi) is 2.05. The topological polar surface area (TPSA) is 26.0 Å². The Morgan fingerprint density at radius 1 is 1.07 bits per heavy atom. The van der Waals surface area contributed by atoms with Gasteiger partial charge in [0.15, 0.2) is 0 Å². The van der Waals surface area contributed by atoms with Crippen LogP contribution in [-0.4, -0.2) is 5.54 Å². The van der Waals surface area contributed by atoms with E-state index in [0.29, 0.717) is 0 Å². The highest BCUT2D eigenvalue weighted by molar-refractivity contribution is 5.69. The van der Waals surface area contributed by atoms with Crippen molar-refractivity contribution in [2.24, 2.45) is 5.73 Å². The Hall–Kier alpha value is -1.34. The lowest BCUT2D eigenvalue weighted by atomic mass is 10.0. The van der Waals surface area contributed by atoms with Crippen LogP contribution in [0.3, 0.4) is 0 Å². The summed E-state index contributed by atoms with van der Waals surface area (Å²) in [5, 5.41) is 0. The van der Waals surface area contributed by atoms with E-state index in [1.54, 1.807) is 0 Å². The fourth-order valence-electron chi connectivity index (χ4n) is 1.58. The van der Waals surface area contributed by atoms with Crippen LogP contribution in [0.15, 0.2) is 30.4 Å². The lowest BCUT2D eigenvalue weighted by Gasteiger charge is -2.12. The summed E-state index contributed by atoms with van der Waals surface area (Å²) in [6.45, 7) is 4.10. The Balaban J connectivity index is 2.54. The highest BCUT2D eigenvalue weighted by atomic mass is 14.7. The first-order valence-corrected chi connectivity index (χ1v) is 4.85. The van der Waals surface area contributed by atoms with E-state index in [1.165, 1.54) is 16.7 Å². The molecule has 0 aliphatic heterocycles. The first-order valence-electron chi connectivity index (χ1n) is 4.85. The molecule has 0 heterocycles. The van der Waals surface area contributed by atoms with Crippen molar-refractivity contribution in [2.45, 2.75) is 19.4 Å². The Bertz CT molecular complexity index is 411. The van der Waals surface area contributed by atoms with Gasteiger partial charge in [-0.15, -0.1) is 0 Å². The van der Waals surface area contributed by atoms with Crippen LogP contribution in [0, 0.1) is 6.92 Å². The van der Waals surface area contributed by atoms with Gasteiger partial charge in [0, 0.05) is 0 Å². The molecular formula is C13H15N. The molecule has 1 aromatic rings. The van der Waals surface area contributed by atoms with Gasteiger partial charge in [0.25, 0.3) is 0 Å². The molecule has 1 aromatic carbocycles. The van der Waals surface area contributed by atoms with Crippen LogP contribution in [0.1, 0.15) is 23.6 Å². The van der Waals surface area contributed by atoms with Gasteiger partial charge in [0.05, 0.1) is 5.54 Å². The standard InChI is InChI=1S/C13H15N/c1-10-3-4-11-5-7-13(2,14)8-6-12(11)9-10/h3-9H,14H2,1-2H3. The van der Waals surface area contributed by atoms with Gasteiger partial charge in [-0.3, -0.25) is 0 Å². The van der Waals surface area contributed by atoms with Gasteiger partial charge in [-0.25, -0.2) is 0 Å². The SMILES string of the molecule is Cc1ccc2c(c1)C=CC(C)(N)C=C2. The molecule has 0 amide bonds. The van der Waals surface area contributed by atoms with Gasteiger partial charge >= 0.3 is 0 Å². The highest BCUT2D eigenvalue weighted by Gasteiger charge is 2.12. The van der Waals surface area contributed by atoms with Crippen LogP contribution in [0.2, 0.25) is 0 Å². The zero-order valence-electron chi connectivity index (χ0n) is 8.62. The number of benzene rings is 1. The molecule has 0 bridgehead atoms. The lowest BCUT2D eigenvalue weighted by Crippen LogP contribution is -2.29. The summed E-state index contributed by atoms with van der Waals surface area (Å²) >= 11 is 0. The van der Waals surface area contributed by atoms with E-state index < -0.39 is 0 Å². The average molecular weight is 185 g/mol. The minimum atomic E-state index is -0.326. The number of nitrogens with two attached hydrogens (primary N) is 1.